The first kappa shape index (κ1) is 16.4. The summed E-state index contributed by atoms with van der Waals surface area (Å²) in [5, 5.41) is 6.96. The van der Waals surface area contributed by atoms with Gasteiger partial charge in [-0.15, -0.1) is 11.8 Å². The molecule has 0 saturated heterocycles. The third kappa shape index (κ3) is 5.11. The number of nitrogens with one attached hydrogen (secondary N) is 1. The number of hydrogen-bond donors (Lipinski definition) is 1. The third-order valence-corrected chi connectivity index (χ3v) is 4.28. The van der Waals surface area contributed by atoms with Crippen LogP contribution in [0.25, 0.3) is 0 Å². The summed E-state index contributed by atoms with van der Waals surface area (Å²) in [4.78, 5) is 13.1. The van der Waals surface area contributed by atoms with Crippen molar-refractivity contribution in [3.8, 4) is 5.75 Å². The van der Waals surface area contributed by atoms with Crippen LogP contribution < -0.4 is 10.1 Å². The molecule has 0 radical (unpaired) electrons. The second-order valence-electron chi connectivity index (χ2n) is 4.85. The molecule has 0 saturated carbocycles. The molecule has 6 heteroatoms. The number of amides is 1. The average molecular weight is 319 g/mol. The normalized spacial score (nSPS) is 11.9. The molecule has 1 aromatic carbocycles. The van der Waals surface area contributed by atoms with Crippen molar-refractivity contribution in [1.82, 2.24) is 15.1 Å². The molecule has 0 aliphatic heterocycles. The minimum absolute atomic E-state index is 0.0567. The number of thioether (sulfide) groups is 1. The minimum Gasteiger partial charge on any atom is -0.497 e. The van der Waals surface area contributed by atoms with Gasteiger partial charge >= 0.3 is 0 Å². The van der Waals surface area contributed by atoms with Gasteiger partial charge in [-0.1, -0.05) is 0 Å². The van der Waals surface area contributed by atoms with E-state index in [0.717, 1.165) is 23.6 Å². The Morgan fingerprint density at radius 3 is 2.82 bits per heavy atom. The molecule has 118 valence electrons. The molecule has 1 heterocycles. The number of aromatic nitrogens is 2. The van der Waals surface area contributed by atoms with E-state index in [0.29, 0.717) is 6.54 Å². The van der Waals surface area contributed by atoms with Gasteiger partial charge in [-0.3, -0.25) is 9.48 Å². The van der Waals surface area contributed by atoms with E-state index in [1.165, 1.54) is 0 Å². The highest BCUT2D eigenvalue weighted by molar-refractivity contribution is 8.00. The smallest absolute Gasteiger partial charge is 0.233 e. The maximum absolute atomic E-state index is 12.1. The van der Waals surface area contributed by atoms with Gasteiger partial charge in [0.05, 0.1) is 12.4 Å². The second-order valence-corrected chi connectivity index (χ2v) is 6.26. The molecule has 0 aliphatic rings. The second kappa shape index (κ2) is 8.48. The predicted octanol–water partition coefficient (Wildman–Crippen LogP) is 2.58. The van der Waals surface area contributed by atoms with E-state index < -0.39 is 0 Å². The van der Waals surface area contributed by atoms with Gasteiger partial charge < -0.3 is 10.1 Å². The molecule has 1 aromatic heterocycles. The molecular weight excluding hydrogens is 298 g/mol. The summed E-state index contributed by atoms with van der Waals surface area (Å²) in [6, 6.07) is 9.62. The highest BCUT2D eigenvalue weighted by Crippen LogP contribution is 2.25. The fraction of sp³-hybridized carbons (Fsp3) is 0.375. The van der Waals surface area contributed by atoms with Crippen molar-refractivity contribution < 1.29 is 9.53 Å². The first-order chi connectivity index (χ1) is 10.7. The molecule has 0 fully saturated rings. The summed E-state index contributed by atoms with van der Waals surface area (Å²) in [5.41, 5.74) is 0. The molecule has 1 amide bonds. The lowest BCUT2D eigenvalue weighted by Gasteiger charge is -2.12. The van der Waals surface area contributed by atoms with Gasteiger partial charge in [-0.2, -0.15) is 5.10 Å². The van der Waals surface area contributed by atoms with E-state index in [1.807, 2.05) is 48.1 Å². The summed E-state index contributed by atoms with van der Waals surface area (Å²) in [7, 11) is 1.64. The maximum atomic E-state index is 12.1. The van der Waals surface area contributed by atoms with Crippen molar-refractivity contribution in [3.63, 3.8) is 0 Å². The molecule has 0 aliphatic carbocycles. The summed E-state index contributed by atoms with van der Waals surface area (Å²) >= 11 is 1.54. The fourth-order valence-corrected chi connectivity index (χ4v) is 2.83. The average Bonchev–Trinajstić information content (AvgIpc) is 3.05. The first-order valence-electron chi connectivity index (χ1n) is 7.25. The Balaban J connectivity index is 1.69. The summed E-state index contributed by atoms with van der Waals surface area (Å²) in [5.74, 6) is 0.876. The van der Waals surface area contributed by atoms with Gasteiger partial charge in [0.2, 0.25) is 5.91 Å². The molecule has 0 spiro atoms. The van der Waals surface area contributed by atoms with Crippen LogP contribution in [0.3, 0.4) is 0 Å². The zero-order valence-corrected chi connectivity index (χ0v) is 13.7. The van der Waals surface area contributed by atoms with Crippen molar-refractivity contribution in [2.24, 2.45) is 0 Å². The number of methoxy groups -OCH3 is 1. The summed E-state index contributed by atoms with van der Waals surface area (Å²) < 4.78 is 6.98. The number of nitrogens with zero attached hydrogens (tertiary/aromatic N) is 2. The van der Waals surface area contributed by atoms with Crippen LogP contribution in [0.1, 0.15) is 13.3 Å². The zero-order chi connectivity index (χ0) is 15.8. The van der Waals surface area contributed by atoms with Gasteiger partial charge in [-0.05, 0) is 43.7 Å². The Morgan fingerprint density at radius 2 is 2.18 bits per heavy atom. The molecular formula is C16H21N3O2S. The van der Waals surface area contributed by atoms with E-state index in [1.54, 1.807) is 25.1 Å². The standard InChI is InChI=1S/C16H21N3O2S/c1-13(22-15-7-5-14(21-2)6-8-15)16(20)17-9-3-11-19-12-4-10-18-19/h4-8,10,12-13H,3,9,11H2,1-2H3,(H,17,20)/t13-/m0/s1. The lowest BCUT2D eigenvalue weighted by atomic mass is 10.3. The van der Waals surface area contributed by atoms with Crippen LogP contribution in [-0.4, -0.2) is 34.6 Å². The van der Waals surface area contributed by atoms with E-state index in [4.69, 9.17) is 4.74 Å². The maximum Gasteiger partial charge on any atom is 0.233 e. The molecule has 2 rings (SSSR count). The van der Waals surface area contributed by atoms with Gasteiger partial charge in [0.1, 0.15) is 5.75 Å². The van der Waals surface area contributed by atoms with Crippen molar-refractivity contribution in [2.75, 3.05) is 13.7 Å². The lowest BCUT2D eigenvalue weighted by Crippen LogP contribution is -2.32. The molecule has 22 heavy (non-hydrogen) atoms. The Hall–Kier alpha value is -1.95. The molecule has 0 unspecified atom stereocenters. The van der Waals surface area contributed by atoms with Crippen LogP contribution in [0.15, 0.2) is 47.6 Å². The van der Waals surface area contributed by atoms with E-state index in [9.17, 15) is 4.79 Å². The number of rotatable bonds is 8. The Morgan fingerprint density at radius 1 is 1.41 bits per heavy atom. The van der Waals surface area contributed by atoms with Crippen LogP contribution in [-0.2, 0) is 11.3 Å². The van der Waals surface area contributed by atoms with Crippen LogP contribution in [0, 0.1) is 0 Å². The SMILES string of the molecule is COc1ccc(S[C@@H](C)C(=O)NCCCn2cccn2)cc1. The van der Waals surface area contributed by atoms with E-state index >= 15 is 0 Å². The number of benzene rings is 1. The van der Waals surface area contributed by atoms with Crippen molar-refractivity contribution >= 4 is 17.7 Å². The van der Waals surface area contributed by atoms with Gasteiger partial charge in [0.25, 0.3) is 0 Å². The minimum atomic E-state index is -0.127. The van der Waals surface area contributed by atoms with Crippen molar-refractivity contribution in [2.45, 2.75) is 30.0 Å². The monoisotopic (exact) mass is 319 g/mol. The molecule has 2 aromatic rings. The molecule has 0 bridgehead atoms. The topological polar surface area (TPSA) is 56.1 Å². The van der Waals surface area contributed by atoms with Crippen LogP contribution >= 0.6 is 11.8 Å². The number of carbonyl (C=O) groups excluding carboxylic acids is 1. The van der Waals surface area contributed by atoms with Gasteiger partial charge in [0, 0.05) is 30.4 Å². The molecule has 1 N–H and O–H groups in total. The Bertz CT molecular complexity index is 570. The number of ether oxygens (including phenoxy) is 1. The Labute approximate surface area is 135 Å². The van der Waals surface area contributed by atoms with E-state index in [2.05, 4.69) is 10.4 Å². The highest BCUT2D eigenvalue weighted by atomic mass is 32.2. The van der Waals surface area contributed by atoms with Crippen LogP contribution in [0.5, 0.6) is 5.75 Å². The quantitative estimate of drug-likeness (QED) is 0.600. The number of carbonyl (C=O) groups is 1. The highest BCUT2D eigenvalue weighted by Gasteiger charge is 2.13. The first-order valence-corrected chi connectivity index (χ1v) is 8.13. The predicted molar refractivity (Wildman–Crippen MR) is 88.2 cm³/mol. The van der Waals surface area contributed by atoms with Crippen LogP contribution in [0.2, 0.25) is 0 Å². The summed E-state index contributed by atoms with van der Waals surface area (Å²) in [6.45, 7) is 3.39. The van der Waals surface area contributed by atoms with Crippen molar-refractivity contribution in [3.05, 3.63) is 42.7 Å². The van der Waals surface area contributed by atoms with Gasteiger partial charge in [0.15, 0.2) is 0 Å². The van der Waals surface area contributed by atoms with E-state index in [-0.39, 0.29) is 11.2 Å². The number of aryl methyl sites for hydroxylation is 1. The zero-order valence-electron chi connectivity index (χ0n) is 12.9. The third-order valence-electron chi connectivity index (χ3n) is 3.16. The fourth-order valence-electron chi connectivity index (χ4n) is 1.94. The summed E-state index contributed by atoms with van der Waals surface area (Å²) in [6.07, 6.45) is 4.55. The molecule has 1 atom stereocenters. The largest absolute Gasteiger partial charge is 0.497 e. The van der Waals surface area contributed by atoms with Crippen molar-refractivity contribution in [1.29, 1.82) is 0 Å². The Kier molecular flexibility index (Phi) is 6.33. The van der Waals surface area contributed by atoms with Gasteiger partial charge in [-0.25, -0.2) is 0 Å². The van der Waals surface area contributed by atoms with Crippen LogP contribution in [0.4, 0.5) is 0 Å². The number of hydrogen-bond acceptors (Lipinski definition) is 4. The lowest BCUT2D eigenvalue weighted by molar-refractivity contribution is -0.120. The molecule has 5 nitrogen and oxygen atoms in total.